The van der Waals surface area contributed by atoms with Crippen molar-refractivity contribution >= 4 is 11.8 Å². The molecule has 1 saturated heterocycles. The van der Waals surface area contributed by atoms with E-state index in [-0.39, 0.29) is 0 Å². The minimum absolute atomic E-state index is 0.688. The number of thioether (sulfide) groups is 1. The molecule has 1 heterocycles. The molecular formula is C11H21NOS. The number of rotatable bonds is 6. The highest BCUT2D eigenvalue weighted by Crippen LogP contribution is 2.25. The molecule has 0 saturated carbocycles. The molecule has 1 rings (SSSR count). The van der Waals surface area contributed by atoms with Gasteiger partial charge in [0.2, 0.25) is 0 Å². The van der Waals surface area contributed by atoms with E-state index in [1.165, 1.54) is 12.2 Å². The lowest BCUT2D eigenvalue weighted by atomic mass is 10.2. The third-order valence-electron chi connectivity index (χ3n) is 2.38. The maximum absolute atomic E-state index is 5.42. The molecule has 0 amide bonds. The molecule has 0 spiro atoms. The van der Waals surface area contributed by atoms with E-state index in [0.717, 1.165) is 24.0 Å². The molecule has 1 N–H and O–H groups in total. The van der Waals surface area contributed by atoms with Gasteiger partial charge in [-0.2, -0.15) is 11.8 Å². The van der Waals surface area contributed by atoms with Gasteiger partial charge in [0, 0.05) is 17.8 Å². The van der Waals surface area contributed by atoms with E-state index in [1.807, 2.05) is 6.92 Å². The third kappa shape index (κ3) is 4.49. The molecule has 3 heteroatoms. The molecular weight excluding hydrogens is 194 g/mol. The lowest BCUT2D eigenvalue weighted by Crippen LogP contribution is -2.35. The number of nitrogens with one attached hydrogen (secondary N) is 1. The first-order valence-corrected chi connectivity index (χ1v) is 6.32. The molecule has 2 atom stereocenters. The van der Waals surface area contributed by atoms with E-state index >= 15 is 0 Å². The van der Waals surface area contributed by atoms with Crippen molar-refractivity contribution in [2.45, 2.75) is 31.6 Å². The zero-order chi connectivity index (χ0) is 10.4. The number of hydrogen-bond donors (Lipinski definition) is 1. The Morgan fingerprint density at radius 3 is 3.00 bits per heavy atom. The lowest BCUT2D eigenvalue weighted by Gasteiger charge is -2.16. The zero-order valence-electron chi connectivity index (χ0n) is 9.21. The van der Waals surface area contributed by atoms with E-state index in [1.54, 1.807) is 0 Å². The molecule has 0 aromatic rings. The Hall–Kier alpha value is 0.0100. The predicted octanol–water partition coefficient (Wildman–Crippen LogP) is 2.06. The van der Waals surface area contributed by atoms with Gasteiger partial charge >= 0.3 is 0 Å². The second-order valence-electron chi connectivity index (χ2n) is 3.93. The van der Waals surface area contributed by atoms with Gasteiger partial charge in [-0.25, -0.2) is 0 Å². The molecule has 0 aromatic carbocycles. The normalized spacial score (nSPS) is 26.7. The summed E-state index contributed by atoms with van der Waals surface area (Å²) < 4.78 is 5.42. The van der Waals surface area contributed by atoms with Gasteiger partial charge in [-0.15, -0.1) is 0 Å². The molecule has 2 nitrogen and oxygen atoms in total. The van der Waals surface area contributed by atoms with E-state index in [9.17, 15) is 0 Å². The largest absolute Gasteiger partial charge is 0.376 e. The number of ether oxygens (including phenoxy) is 1. The molecule has 1 aliphatic heterocycles. The summed E-state index contributed by atoms with van der Waals surface area (Å²) in [5, 5.41) is 4.29. The van der Waals surface area contributed by atoms with Gasteiger partial charge in [0.05, 0.1) is 13.2 Å². The Balaban J connectivity index is 1.95. The van der Waals surface area contributed by atoms with E-state index in [4.69, 9.17) is 4.74 Å². The van der Waals surface area contributed by atoms with E-state index in [2.05, 4.69) is 30.6 Å². The molecule has 0 aromatic heterocycles. The van der Waals surface area contributed by atoms with Crippen molar-refractivity contribution in [1.29, 1.82) is 0 Å². The first-order chi connectivity index (χ1) is 6.70. The van der Waals surface area contributed by atoms with Crippen molar-refractivity contribution in [3.63, 3.8) is 0 Å². The fraction of sp³-hybridized carbons (Fsp3) is 0.818. The van der Waals surface area contributed by atoms with E-state index in [0.29, 0.717) is 12.6 Å². The molecule has 2 unspecified atom stereocenters. The van der Waals surface area contributed by atoms with Crippen LogP contribution in [0.2, 0.25) is 0 Å². The molecule has 0 radical (unpaired) electrons. The van der Waals surface area contributed by atoms with Gasteiger partial charge in [-0.05, 0) is 19.1 Å². The summed E-state index contributed by atoms with van der Waals surface area (Å²) in [5.41, 5.74) is 1.09. The van der Waals surface area contributed by atoms with Gasteiger partial charge in [0.15, 0.2) is 0 Å². The Kier molecular flexibility index (Phi) is 5.60. The Bertz CT molecular complexity index is 184. The highest BCUT2D eigenvalue weighted by atomic mass is 32.2. The quantitative estimate of drug-likeness (QED) is 0.541. The van der Waals surface area contributed by atoms with Crippen molar-refractivity contribution in [3.8, 4) is 0 Å². The van der Waals surface area contributed by atoms with Gasteiger partial charge < -0.3 is 10.1 Å². The average Bonchev–Trinajstić information content (AvgIpc) is 2.51. The van der Waals surface area contributed by atoms with Crippen molar-refractivity contribution < 1.29 is 4.74 Å². The van der Waals surface area contributed by atoms with Crippen LogP contribution in [0.4, 0.5) is 0 Å². The highest BCUT2D eigenvalue weighted by Gasteiger charge is 2.22. The van der Waals surface area contributed by atoms with Crippen LogP contribution in [-0.4, -0.2) is 36.8 Å². The molecule has 1 aliphatic rings. The zero-order valence-corrected chi connectivity index (χ0v) is 10.0. The molecule has 0 aliphatic carbocycles. The van der Waals surface area contributed by atoms with Crippen LogP contribution in [0.25, 0.3) is 0 Å². The number of hydrogen-bond acceptors (Lipinski definition) is 3. The maximum Gasteiger partial charge on any atom is 0.0672 e. The standard InChI is InChI=1S/C11H21NOS/c1-9(2)8-13-6-5-12-11-4-7-14-10(11)3/h10-12H,1,4-8H2,2-3H3. The van der Waals surface area contributed by atoms with Crippen molar-refractivity contribution in [3.05, 3.63) is 12.2 Å². The lowest BCUT2D eigenvalue weighted by molar-refractivity contribution is 0.155. The van der Waals surface area contributed by atoms with Gasteiger partial charge in [-0.1, -0.05) is 19.1 Å². The summed E-state index contributed by atoms with van der Waals surface area (Å²) in [6.45, 7) is 10.5. The predicted molar refractivity (Wildman–Crippen MR) is 64.0 cm³/mol. The summed E-state index contributed by atoms with van der Waals surface area (Å²) in [7, 11) is 0. The second kappa shape index (κ2) is 6.49. The van der Waals surface area contributed by atoms with Crippen LogP contribution in [0.1, 0.15) is 20.3 Å². The summed E-state index contributed by atoms with van der Waals surface area (Å²) in [6, 6.07) is 0.688. The van der Waals surface area contributed by atoms with Crippen LogP contribution in [0.15, 0.2) is 12.2 Å². The minimum Gasteiger partial charge on any atom is -0.376 e. The smallest absolute Gasteiger partial charge is 0.0672 e. The summed E-state index contributed by atoms with van der Waals surface area (Å²) >= 11 is 2.06. The van der Waals surface area contributed by atoms with Crippen LogP contribution in [-0.2, 0) is 4.74 Å². The van der Waals surface area contributed by atoms with Crippen molar-refractivity contribution in [2.75, 3.05) is 25.5 Å². The summed E-state index contributed by atoms with van der Waals surface area (Å²) in [4.78, 5) is 0. The summed E-state index contributed by atoms with van der Waals surface area (Å²) in [5.74, 6) is 1.30. The fourth-order valence-corrected chi connectivity index (χ4v) is 2.79. The van der Waals surface area contributed by atoms with Crippen LogP contribution >= 0.6 is 11.8 Å². The van der Waals surface area contributed by atoms with Gasteiger partial charge in [-0.3, -0.25) is 0 Å². The molecule has 0 bridgehead atoms. The Morgan fingerprint density at radius 1 is 1.64 bits per heavy atom. The van der Waals surface area contributed by atoms with Gasteiger partial charge in [0.1, 0.15) is 0 Å². The van der Waals surface area contributed by atoms with E-state index < -0.39 is 0 Å². The fourth-order valence-electron chi connectivity index (χ4n) is 1.56. The van der Waals surface area contributed by atoms with Crippen LogP contribution in [0.3, 0.4) is 0 Å². The second-order valence-corrected chi connectivity index (χ2v) is 5.42. The molecule has 82 valence electrons. The topological polar surface area (TPSA) is 21.3 Å². The van der Waals surface area contributed by atoms with Crippen LogP contribution in [0.5, 0.6) is 0 Å². The third-order valence-corrected chi connectivity index (χ3v) is 3.70. The Morgan fingerprint density at radius 2 is 2.43 bits per heavy atom. The van der Waals surface area contributed by atoms with Gasteiger partial charge in [0.25, 0.3) is 0 Å². The van der Waals surface area contributed by atoms with Crippen LogP contribution in [0, 0.1) is 0 Å². The van der Waals surface area contributed by atoms with Crippen molar-refractivity contribution in [2.24, 2.45) is 0 Å². The van der Waals surface area contributed by atoms with Crippen LogP contribution < -0.4 is 5.32 Å². The monoisotopic (exact) mass is 215 g/mol. The van der Waals surface area contributed by atoms with Crippen molar-refractivity contribution in [1.82, 2.24) is 5.32 Å². The Labute approximate surface area is 91.5 Å². The maximum atomic E-state index is 5.42. The first kappa shape index (κ1) is 12.1. The highest BCUT2D eigenvalue weighted by molar-refractivity contribution is 8.00. The summed E-state index contributed by atoms with van der Waals surface area (Å²) in [6.07, 6.45) is 1.30. The molecule has 1 fully saturated rings. The average molecular weight is 215 g/mol. The SMILES string of the molecule is C=C(C)COCCNC1CCSC1C. The first-order valence-electron chi connectivity index (χ1n) is 5.27. The molecule has 14 heavy (non-hydrogen) atoms. The minimum atomic E-state index is 0.688.